The quantitative estimate of drug-likeness (QED) is 0.762. The van der Waals surface area contributed by atoms with Crippen LogP contribution in [0.2, 0.25) is 0 Å². The molecule has 0 aliphatic rings. The van der Waals surface area contributed by atoms with Gasteiger partial charge in [-0.2, -0.15) is 0 Å². The highest BCUT2D eigenvalue weighted by molar-refractivity contribution is 5.72. The first-order valence-corrected chi connectivity index (χ1v) is 6.50. The van der Waals surface area contributed by atoms with Crippen LogP contribution in [0.15, 0.2) is 60.7 Å². The monoisotopic (exact) mass is 254 g/mol. The molecule has 98 valence electrons. The van der Waals surface area contributed by atoms with E-state index >= 15 is 0 Å². The van der Waals surface area contributed by atoms with Gasteiger partial charge in [0.15, 0.2) is 0 Å². The zero-order valence-corrected chi connectivity index (χ0v) is 11.1. The molecule has 2 aromatic rings. The minimum Gasteiger partial charge on any atom is -0.465 e. The summed E-state index contributed by atoms with van der Waals surface area (Å²) in [5, 5.41) is 0. The van der Waals surface area contributed by atoms with Gasteiger partial charge in [-0.15, -0.1) is 0 Å². The summed E-state index contributed by atoms with van der Waals surface area (Å²) in [5.74, 6) is 0.0508. The smallest absolute Gasteiger partial charge is 0.310 e. The SMILES string of the molecule is C[C@H](COC(=O)Cc1ccccc1)c1ccccc1. The molecule has 0 unspecified atom stereocenters. The summed E-state index contributed by atoms with van der Waals surface area (Å²) in [7, 11) is 0. The molecule has 0 aromatic heterocycles. The summed E-state index contributed by atoms with van der Waals surface area (Å²) >= 11 is 0. The number of benzene rings is 2. The van der Waals surface area contributed by atoms with E-state index in [-0.39, 0.29) is 11.9 Å². The number of esters is 1. The van der Waals surface area contributed by atoms with Crippen LogP contribution < -0.4 is 0 Å². The van der Waals surface area contributed by atoms with E-state index in [1.807, 2.05) is 48.5 Å². The first kappa shape index (κ1) is 13.3. The van der Waals surface area contributed by atoms with E-state index in [2.05, 4.69) is 19.1 Å². The maximum absolute atomic E-state index is 11.7. The highest BCUT2D eigenvalue weighted by Crippen LogP contribution is 2.15. The number of carbonyl (C=O) groups excluding carboxylic acids is 1. The molecule has 0 aliphatic heterocycles. The topological polar surface area (TPSA) is 26.3 Å². The number of hydrogen-bond donors (Lipinski definition) is 0. The Morgan fingerprint density at radius 1 is 1.00 bits per heavy atom. The standard InChI is InChI=1S/C17H18O2/c1-14(16-10-6-3-7-11-16)13-19-17(18)12-15-8-4-2-5-9-15/h2-11,14H,12-13H2,1H3/t14-/m1/s1. The third-order valence-corrected chi connectivity index (χ3v) is 3.05. The lowest BCUT2D eigenvalue weighted by molar-refractivity contribution is -0.143. The van der Waals surface area contributed by atoms with Gasteiger partial charge in [0.25, 0.3) is 0 Å². The van der Waals surface area contributed by atoms with Crippen LogP contribution in [0.4, 0.5) is 0 Å². The molecule has 2 heteroatoms. The van der Waals surface area contributed by atoms with E-state index in [0.29, 0.717) is 13.0 Å². The van der Waals surface area contributed by atoms with Crippen molar-refractivity contribution in [1.82, 2.24) is 0 Å². The highest BCUT2D eigenvalue weighted by atomic mass is 16.5. The summed E-state index contributed by atoms with van der Waals surface area (Å²) in [5.41, 5.74) is 2.18. The zero-order chi connectivity index (χ0) is 13.5. The van der Waals surface area contributed by atoms with Crippen LogP contribution in [-0.4, -0.2) is 12.6 Å². The Kier molecular flexibility index (Phi) is 4.73. The molecule has 0 N–H and O–H groups in total. The maximum atomic E-state index is 11.7. The molecule has 0 bridgehead atoms. The fourth-order valence-corrected chi connectivity index (χ4v) is 1.91. The predicted octanol–water partition coefficient (Wildman–Crippen LogP) is 3.58. The summed E-state index contributed by atoms with van der Waals surface area (Å²) in [6.45, 7) is 2.49. The van der Waals surface area contributed by atoms with Gasteiger partial charge < -0.3 is 4.74 Å². The summed E-state index contributed by atoms with van der Waals surface area (Å²) < 4.78 is 5.32. The highest BCUT2D eigenvalue weighted by Gasteiger charge is 2.09. The average Bonchev–Trinajstić information content (AvgIpc) is 2.47. The normalized spacial score (nSPS) is 11.8. The first-order valence-electron chi connectivity index (χ1n) is 6.50. The van der Waals surface area contributed by atoms with Crippen LogP contribution in [-0.2, 0) is 16.0 Å². The fraction of sp³-hybridized carbons (Fsp3) is 0.235. The van der Waals surface area contributed by atoms with Gasteiger partial charge in [0.05, 0.1) is 13.0 Å². The second-order valence-corrected chi connectivity index (χ2v) is 4.66. The van der Waals surface area contributed by atoms with Gasteiger partial charge in [0.2, 0.25) is 0 Å². The van der Waals surface area contributed by atoms with Crippen LogP contribution >= 0.6 is 0 Å². The number of carbonyl (C=O) groups is 1. The molecular formula is C17H18O2. The van der Waals surface area contributed by atoms with Gasteiger partial charge in [0.1, 0.15) is 0 Å². The zero-order valence-electron chi connectivity index (χ0n) is 11.1. The molecule has 0 amide bonds. The lowest BCUT2D eigenvalue weighted by Crippen LogP contribution is -2.12. The average molecular weight is 254 g/mol. The third-order valence-electron chi connectivity index (χ3n) is 3.05. The lowest BCUT2D eigenvalue weighted by atomic mass is 10.0. The van der Waals surface area contributed by atoms with E-state index in [0.717, 1.165) is 5.56 Å². The number of rotatable bonds is 5. The van der Waals surface area contributed by atoms with Crippen LogP contribution in [0.3, 0.4) is 0 Å². The molecular weight excluding hydrogens is 236 g/mol. The van der Waals surface area contributed by atoms with Crippen LogP contribution in [0.5, 0.6) is 0 Å². The van der Waals surface area contributed by atoms with Crippen molar-refractivity contribution in [1.29, 1.82) is 0 Å². The van der Waals surface area contributed by atoms with E-state index in [1.54, 1.807) is 0 Å². The minimum atomic E-state index is -0.172. The van der Waals surface area contributed by atoms with Gasteiger partial charge in [0, 0.05) is 5.92 Å². The lowest BCUT2D eigenvalue weighted by Gasteiger charge is -2.12. The molecule has 19 heavy (non-hydrogen) atoms. The fourth-order valence-electron chi connectivity index (χ4n) is 1.91. The molecule has 0 saturated carbocycles. The van der Waals surface area contributed by atoms with Crippen molar-refractivity contribution in [3.63, 3.8) is 0 Å². The van der Waals surface area contributed by atoms with Gasteiger partial charge in [-0.3, -0.25) is 4.79 Å². The first-order chi connectivity index (χ1) is 9.25. The van der Waals surface area contributed by atoms with Crippen molar-refractivity contribution >= 4 is 5.97 Å². The maximum Gasteiger partial charge on any atom is 0.310 e. The van der Waals surface area contributed by atoms with E-state index in [1.165, 1.54) is 5.56 Å². The van der Waals surface area contributed by atoms with Crippen molar-refractivity contribution in [2.75, 3.05) is 6.61 Å². The van der Waals surface area contributed by atoms with Crippen molar-refractivity contribution in [3.8, 4) is 0 Å². The summed E-state index contributed by atoms with van der Waals surface area (Å²) in [4.78, 5) is 11.7. The van der Waals surface area contributed by atoms with Gasteiger partial charge in [-0.05, 0) is 11.1 Å². The number of ether oxygens (including phenoxy) is 1. The summed E-state index contributed by atoms with van der Waals surface area (Å²) in [6, 6.07) is 19.7. The Labute approximate surface area is 114 Å². The molecule has 0 fully saturated rings. The molecule has 0 saturated heterocycles. The molecule has 2 aromatic carbocycles. The van der Waals surface area contributed by atoms with E-state index in [9.17, 15) is 4.79 Å². The van der Waals surface area contributed by atoms with Crippen LogP contribution in [0, 0.1) is 0 Å². The van der Waals surface area contributed by atoms with Crippen molar-refractivity contribution in [3.05, 3.63) is 71.8 Å². The second kappa shape index (κ2) is 6.74. The Bertz CT molecular complexity index is 505. The minimum absolute atomic E-state index is 0.172. The second-order valence-electron chi connectivity index (χ2n) is 4.66. The van der Waals surface area contributed by atoms with Crippen molar-refractivity contribution in [2.24, 2.45) is 0 Å². The Balaban J connectivity index is 1.81. The largest absolute Gasteiger partial charge is 0.465 e. The molecule has 0 heterocycles. The molecule has 2 rings (SSSR count). The predicted molar refractivity (Wildman–Crippen MR) is 76.0 cm³/mol. The molecule has 2 nitrogen and oxygen atoms in total. The summed E-state index contributed by atoms with van der Waals surface area (Å²) in [6.07, 6.45) is 0.336. The number of hydrogen-bond acceptors (Lipinski definition) is 2. The Hall–Kier alpha value is -2.09. The van der Waals surface area contributed by atoms with Crippen LogP contribution in [0.1, 0.15) is 24.0 Å². The molecule has 0 spiro atoms. The molecule has 0 aliphatic carbocycles. The van der Waals surface area contributed by atoms with Gasteiger partial charge in [-0.1, -0.05) is 67.6 Å². The van der Waals surface area contributed by atoms with Gasteiger partial charge >= 0.3 is 5.97 Å². The van der Waals surface area contributed by atoms with E-state index in [4.69, 9.17) is 4.74 Å². The van der Waals surface area contributed by atoms with Gasteiger partial charge in [-0.25, -0.2) is 0 Å². The Morgan fingerprint density at radius 3 is 2.21 bits per heavy atom. The van der Waals surface area contributed by atoms with Crippen molar-refractivity contribution < 1.29 is 9.53 Å². The molecule has 0 radical (unpaired) electrons. The Morgan fingerprint density at radius 2 is 1.58 bits per heavy atom. The van der Waals surface area contributed by atoms with E-state index < -0.39 is 0 Å². The van der Waals surface area contributed by atoms with Crippen molar-refractivity contribution in [2.45, 2.75) is 19.3 Å². The van der Waals surface area contributed by atoms with Crippen LogP contribution in [0.25, 0.3) is 0 Å². The molecule has 1 atom stereocenters. The third kappa shape index (κ3) is 4.25.